The van der Waals surface area contributed by atoms with Gasteiger partial charge in [0.15, 0.2) is 5.82 Å². The molecule has 29 heavy (non-hydrogen) atoms. The molecule has 4 rings (SSSR count). The maximum absolute atomic E-state index is 12.3. The molecule has 1 saturated carbocycles. The highest BCUT2D eigenvalue weighted by Crippen LogP contribution is 2.29. The lowest BCUT2D eigenvalue weighted by Crippen LogP contribution is -2.33. The number of hydrogen-bond donors (Lipinski definition) is 1. The van der Waals surface area contributed by atoms with Crippen molar-refractivity contribution in [3.63, 3.8) is 0 Å². The van der Waals surface area contributed by atoms with E-state index in [1.807, 2.05) is 12.1 Å². The quantitative estimate of drug-likeness (QED) is 0.725. The molecule has 0 unspecified atom stereocenters. The van der Waals surface area contributed by atoms with Crippen molar-refractivity contribution in [2.45, 2.75) is 64.0 Å². The summed E-state index contributed by atoms with van der Waals surface area (Å²) in [7, 11) is 0. The van der Waals surface area contributed by atoms with E-state index >= 15 is 0 Å². The molecule has 0 saturated heterocycles. The minimum Gasteiger partial charge on any atom is -0.366 e. The Balaban J connectivity index is 1.40. The van der Waals surface area contributed by atoms with Gasteiger partial charge in [0.25, 0.3) is 5.56 Å². The van der Waals surface area contributed by atoms with Gasteiger partial charge in [-0.3, -0.25) is 4.79 Å². The molecular formula is C20H26N8O. The minimum absolute atomic E-state index is 0.00930. The predicted molar refractivity (Wildman–Crippen MR) is 109 cm³/mol. The average Bonchev–Trinajstić information content (AvgIpc) is 3.24. The van der Waals surface area contributed by atoms with Crippen molar-refractivity contribution in [3.8, 4) is 5.82 Å². The van der Waals surface area contributed by atoms with Crippen LogP contribution in [0.3, 0.4) is 0 Å². The fraction of sp³-hybridized carbons (Fsp3) is 0.500. The van der Waals surface area contributed by atoms with Gasteiger partial charge >= 0.3 is 0 Å². The van der Waals surface area contributed by atoms with E-state index in [1.54, 1.807) is 27.8 Å². The van der Waals surface area contributed by atoms with Crippen molar-refractivity contribution >= 4 is 5.82 Å². The molecule has 0 bridgehead atoms. The number of nitrogens with zero attached hydrogens (tertiary/aromatic N) is 7. The molecule has 3 heterocycles. The molecule has 152 valence electrons. The number of aromatic nitrogens is 7. The molecule has 0 aliphatic heterocycles. The van der Waals surface area contributed by atoms with Crippen molar-refractivity contribution in [1.82, 2.24) is 34.7 Å². The van der Waals surface area contributed by atoms with Crippen LogP contribution in [0.5, 0.6) is 0 Å². The summed E-state index contributed by atoms with van der Waals surface area (Å²) in [6.45, 7) is 6.37. The van der Waals surface area contributed by atoms with E-state index < -0.39 is 0 Å². The SMILES string of the molecule is CC(C)(C)c1ccc(NC2CCC(n3nc(-n4cncn4)ccc3=O)CC2)nn1. The average molecular weight is 394 g/mol. The molecule has 1 fully saturated rings. The summed E-state index contributed by atoms with van der Waals surface area (Å²) in [4.78, 5) is 16.3. The lowest BCUT2D eigenvalue weighted by molar-refractivity contribution is 0.302. The highest BCUT2D eigenvalue weighted by molar-refractivity contribution is 5.35. The summed E-state index contributed by atoms with van der Waals surface area (Å²) in [6.07, 6.45) is 6.65. The Labute approximate surface area is 169 Å². The predicted octanol–water partition coefficient (Wildman–Crippen LogP) is 2.51. The first-order chi connectivity index (χ1) is 13.9. The summed E-state index contributed by atoms with van der Waals surface area (Å²) >= 11 is 0. The summed E-state index contributed by atoms with van der Waals surface area (Å²) in [5.74, 6) is 1.39. The van der Waals surface area contributed by atoms with Crippen LogP contribution in [0.25, 0.3) is 5.82 Å². The van der Waals surface area contributed by atoms with Gasteiger partial charge in [-0.2, -0.15) is 10.2 Å². The van der Waals surface area contributed by atoms with Crippen LogP contribution in [-0.4, -0.2) is 40.8 Å². The molecule has 0 aromatic carbocycles. The normalized spacial score (nSPS) is 19.8. The van der Waals surface area contributed by atoms with Gasteiger partial charge in [-0.05, 0) is 43.9 Å². The van der Waals surface area contributed by atoms with Gasteiger partial charge in [0.1, 0.15) is 18.5 Å². The van der Waals surface area contributed by atoms with E-state index in [9.17, 15) is 4.79 Å². The summed E-state index contributed by atoms with van der Waals surface area (Å²) < 4.78 is 3.15. The number of anilines is 1. The molecular weight excluding hydrogens is 368 g/mol. The summed E-state index contributed by atoms with van der Waals surface area (Å²) in [5.41, 5.74) is 0.878. The van der Waals surface area contributed by atoms with Crippen LogP contribution in [0.2, 0.25) is 0 Å². The zero-order chi connectivity index (χ0) is 20.4. The zero-order valence-corrected chi connectivity index (χ0v) is 17.0. The Bertz CT molecular complexity index is 996. The second-order valence-corrected chi connectivity index (χ2v) is 8.52. The van der Waals surface area contributed by atoms with Crippen molar-refractivity contribution in [2.24, 2.45) is 0 Å². The Morgan fingerprint density at radius 2 is 1.83 bits per heavy atom. The second-order valence-electron chi connectivity index (χ2n) is 8.52. The molecule has 1 aliphatic carbocycles. The van der Waals surface area contributed by atoms with E-state index in [4.69, 9.17) is 0 Å². The van der Waals surface area contributed by atoms with Gasteiger partial charge in [-0.15, -0.1) is 10.2 Å². The lowest BCUT2D eigenvalue weighted by Gasteiger charge is -2.30. The molecule has 3 aromatic heterocycles. The molecule has 1 aliphatic rings. The Morgan fingerprint density at radius 3 is 2.45 bits per heavy atom. The first-order valence-corrected chi connectivity index (χ1v) is 9.96. The molecule has 0 amide bonds. The third-order valence-corrected chi connectivity index (χ3v) is 5.29. The Kier molecular flexibility index (Phi) is 5.12. The highest BCUT2D eigenvalue weighted by Gasteiger charge is 2.24. The lowest BCUT2D eigenvalue weighted by atomic mass is 9.91. The van der Waals surface area contributed by atoms with E-state index in [0.717, 1.165) is 37.2 Å². The first kappa shape index (κ1) is 19.2. The maximum Gasteiger partial charge on any atom is 0.267 e. The van der Waals surface area contributed by atoms with Gasteiger partial charge in [0.05, 0.1) is 11.7 Å². The Morgan fingerprint density at radius 1 is 1.03 bits per heavy atom. The molecule has 0 atom stereocenters. The Hall–Kier alpha value is -3.10. The van der Waals surface area contributed by atoms with Crippen LogP contribution in [0.4, 0.5) is 5.82 Å². The number of nitrogens with one attached hydrogen (secondary N) is 1. The van der Waals surface area contributed by atoms with Gasteiger partial charge in [0, 0.05) is 17.5 Å². The minimum atomic E-state index is -0.0890. The van der Waals surface area contributed by atoms with E-state index in [-0.39, 0.29) is 17.0 Å². The zero-order valence-electron chi connectivity index (χ0n) is 17.0. The van der Waals surface area contributed by atoms with Crippen LogP contribution in [0.15, 0.2) is 41.7 Å². The number of hydrogen-bond acceptors (Lipinski definition) is 7. The standard InChI is InChI=1S/C20H26N8O/c1-20(2,3)16-8-9-17(25-24-16)23-14-4-6-15(7-5-14)28-19(29)11-10-18(26-28)27-13-21-12-22-27/h8-15H,4-7H2,1-3H3,(H,23,25). The van der Waals surface area contributed by atoms with Crippen molar-refractivity contribution in [3.05, 3.63) is 53.0 Å². The molecule has 0 spiro atoms. The van der Waals surface area contributed by atoms with Crippen LogP contribution < -0.4 is 10.9 Å². The fourth-order valence-corrected chi connectivity index (χ4v) is 3.61. The molecule has 9 heteroatoms. The molecule has 9 nitrogen and oxygen atoms in total. The summed E-state index contributed by atoms with van der Waals surface area (Å²) in [6, 6.07) is 7.63. The summed E-state index contributed by atoms with van der Waals surface area (Å²) in [5, 5.41) is 20.7. The maximum atomic E-state index is 12.3. The fourth-order valence-electron chi connectivity index (χ4n) is 3.61. The van der Waals surface area contributed by atoms with Crippen molar-refractivity contribution in [1.29, 1.82) is 0 Å². The number of rotatable bonds is 4. The van der Waals surface area contributed by atoms with Crippen LogP contribution in [-0.2, 0) is 5.41 Å². The smallest absolute Gasteiger partial charge is 0.267 e. The van der Waals surface area contributed by atoms with Crippen LogP contribution in [0.1, 0.15) is 58.2 Å². The molecule has 1 N–H and O–H groups in total. The first-order valence-electron chi connectivity index (χ1n) is 9.96. The van der Waals surface area contributed by atoms with Crippen molar-refractivity contribution < 1.29 is 0 Å². The van der Waals surface area contributed by atoms with Gasteiger partial charge in [-0.1, -0.05) is 20.8 Å². The largest absolute Gasteiger partial charge is 0.366 e. The van der Waals surface area contributed by atoms with E-state index in [1.165, 1.54) is 6.33 Å². The second kappa shape index (κ2) is 7.73. The van der Waals surface area contributed by atoms with Crippen LogP contribution in [0, 0.1) is 0 Å². The highest BCUT2D eigenvalue weighted by atomic mass is 16.1. The molecule has 0 radical (unpaired) electrons. The monoisotopic (exact) mass is 394 g/mol. The van der Waals surface area contributed by atoms with E-state index in [2.05, 4.69) is 51.5 Å². The van der Waals surface area contributed by atoms with Crippen molar-refractivity contribution in [2.75, 3.05) is 5.32 Å². The third-order valence-electron chi connectivity index (χ3n) is 5.29. The van der Waals surface area contributed by atoms with Gasteiger partial charge in [-0.25, -0.2) is 14.3 Å². The van der Waals surface area contributed by atoms with Gasteiger partial charge < -0.3 is 5.32 Å². The third kappa shape index (κ3) is 4.33. The van der Waals surface area contributed by atoms with Crippen LogP contribution >= 0.6 is 0 Å². The van der Waals surface area contributed by atoms with E-state index in [0.29, 0.717) is 11.9 Å². The molecule has 3 aromatic rings. The topological polar surface area (TPSA) is 103 Å². The van der Waals surface area contributed by atoms with Gasteiger partial charge in [0.2, 0.25) is 0 Å².